The van der Waals surface area contributed by atoms with Crippen LogP contribution in [0.4, 0.5) is 4.39 Å². The van der Waals surface area contributed by atoms with Gasteiger partial charge in [-0.25, -0.2) is 9.18 Å². The van der Waals surface area contributed by atoms with Crippen LogP contribution in [0, 0.1) is 5.82 Å². The molecule has 26 heavy (non-hydrogen) atoms. The van der Waals surface area contributed by atoms with Crippen LogP contribution in [0.2, 0.25) is 0 Å². The van der Waals surface area contributed by atoms with Crippen molar-refractivity contribution in [2.45, 2.75) is 38.6 Å². The quantitative estimate of drug-likeness (QED) is 0.828. The molecule has 1 aliphatic heterocycles. The van der Waals surface area contributed by atoms with Crippen LogP contribution >= 0.6 is 0 Å². The molecular weight excluding hydrogens is 339 g/mol. The fourth-order valence-corrected chi connectivity index (χ4v) is 3.30. The Bertz CT molecular complexity index is 807. The average molecular weight is 360 g/mol. The van der Waals surface area contributed by atoms with E-state index in [1.165, 1.54) is 12.1 Å². The van der Waals surface area contributed by atoms with Gasteiger partial charge in [-0.2, -0.15) is 10.3 Å². The first-order valence-corrected chi connectivity index (χ1v) is 8.66. The van der Waals surface area contributed by atoms with E-state index in [2.05, 4.69) is 15.4 Å². The average Bonchev–Trinajstić information content (AvgIpc) is 3.29. The summed E-state index contributed by atoms with van der Waals surface area (Å²) in [5.74, 6) is -1.56. The van der Waals surface area contributed by atoms with Crippen molar-refractivity contribution in [1.82, 2.24) is 20.3 Å². The van der Waals surface area contributed by atoms with Crippen molar-refractivity contribution in [2.75, 3.05) is 13.2 Å². The third-order valence-electron chi connectivity index (χ3n) is 4.61. The van der Waals surface area contributed by atoms with E-state index in [4.69, 9.17) is 4.74 Å². The Balaban J connectivity index is 1.83. The number of ether oxygens (including phenoxy) is 1. The van der Waals surface area contributed by atoms with Gasteiger partial charge in [0, 0.05) is 6.54 Å². The highest BCUT2D eigenvalue weighted by Gasteiger charge is 2.37. The van der Waals surface area contributed by atoms with Crippen molar-refractivity contribution in [3.8, 4) is 0 Å². The lowest BCUT2D eigenvalue weighted by Crippen LogP contribution is -2.34. The van der Waals surface area contributed by atoms with Crippen LogP contribution in [0.3, 0.4) is 0 Å². The monoisotopic (exact) mass is 360 g/mol. The molecule has 0 radical (unpaired) electrons. The lowest BCUT2D eigenvalue weighted by Gasteiger charge is -2.27. The number of esters is 1. The Kier molecular flexibility index (Phi) is 5.29. The molecule has 2 aromatic rings. The van der Waals surface area contributed by atoms with Crippen LogP contribution in [-0.4, -0.2) is 45.3 Å². The van der Waals surface area contributed by atoms with Gasteiger partial charge in [0.1, 0.15) is 11.5 Å². The Morgan fingerprint density at radius 3 is 2.96 bits per heavy atom. The summed E-state index contributed by atoms with van der Waals surface area (Å²) >= 11 is 0. The fourth-order valence-electron chi connectivity index (χ4n) is 3.30. The van der Waals surface area contributed by atoms with Gasteiger partial charge in [-0.05, 0) is 44.4 Å². The van der Waals surface area contributed by atoms with E-state index in [0.717, 1.165) is 6.42 Å². The Morgan fingerprint density at radius 2 is 2.23 bits per heavy atom. The molecule has 138 valence electrons. The second kappa shape index (κ2) is 7.63. The standard InChI is InChI=1S/C18H21FN4O3/c1-3-26-18(25)16-15(20-22-21-16)14-8-5-9-23(14)17(24)11(2)12-6-4-7-13(19)10-12/h4,6-7,10-11,14H,3,5,8-9H2,1-2H3,(H,20,21,22). The highest BCUT2D eigenvalue weighted by atomic mass is 19.1. The molecule has 1 amide bonds. The van der Waals surface area contributed by atoms with Gasteiger partial charge in [0.25, 0.3) is 0 Å². The van der Waals surface area contributed by atoms with E-state index >= 15 is 0 Å². The maximum absolute atomic E-state index is 13.5. The number of nitrogens with zero attached hydrogens (tertiary/aromatic N) is 3. The third-order valence-corrected chi connectivity index (χ3v) is 4.61. The third kappa shape index (κ3) is 3.44. The molecule has 1 aliphatic rings. The minimum absolute atomic E-state index is 0.106. The second-order valence-electron chi connectivity index (χ2n) is 6.24. The summed E-state index contributed by atoms with van der Waals surface area (Å²) in [7, 11) is 0. The smallest absolute Gasteiger partial charge is 0.360 e. The summed E-state index contributed by atoms with van der Waals surface area (Å²) in [4.78, 5) is 26.8. The van der Waals surface area contributed by atoms with E-state index in [1.807, 2.05) is 0 Å². The van der Waals surface area contributed by atoms with Gasteiger partial charge < -0.3 is 9.64 Å². The van der Waals surface area contributed by atoms with E-state index in [-0.39, 0.29) is 30.1 Å². The summed E-state index contributed by atoms with van der Waals surface area (Å²) in [5, 5.41) is 10.4. The molecule has 1 N–H and O–H groups in total. The lowest BCUT2D eigenvalue weighted by molar-refractivity contribution is -0.133. The number of halogens is 1. The maximum Gasteiger partial charge on any atom is 0.360 e. The van der Waals surface area contributed by atoms with E-state index < -0.39 is 11.9 Å². The molecule has 8 heteroatoms. The summed E-state index contributed by atoms with van der Waals surface area (Å²) < 4.78 is 18.5. The van der Waals surface area contributed by atoms with E-state index in [1.54, 1.807) is 30.9 Å². The topological polar surface area (TPSA) is 88.2 Å². The molecular formula is C18H21FN4O3. The molecule has 2 unspecified atom stereocenters. The number of hydrogen-bond acceptors (Lipinski definition) is 5. The summed E-state index contributed by atoms with van der Waals surface area (Å²) in [6.45, 7) is 4.25. The summed E-state index contributed by atoms with van der Waals surface area (Å²) in [5.41, 5.74) is 1.14. The molecule has 2 heterocycles. The van der Waals surface area contributed by atoms with Crippen molar-refractivity contribution >= 4 is 11.9 Å². The molecule has 0 saturated carbocycles. The zero-order valence-corrected chi connectivity index (χ0v) is 14.7. The van der Waals surface area contributed by atoms with Crippen LogP contribution in [0.1, 0.15) is 60.4 Å². The number of aromatic nitrogens is 3. The molecule has 3 rings (SSSR count). The number of hydrogen-bond donors (Lipinski definition) is 1. The second-order valence-corrected chi connectivity index (χ2v) is 6.24. The number of likely N-dealkylation sites (tertiary alicyclic amines) is 1. The van der Waals surface area contributed by atoms with Crippen molar-refractivity contribution in [2.24, 2.45) is 0 Å². The summed E-state index contributed by atoms with van der Waals surface area (Å²) in [6, 6.07) is 5.69. The van der Waals surface area contributed by atoms with Crippen LogP contribution in [0.25, 0.3) is 0 Å². The van der Waals surface area contributed by atoms with Crippen LogP contribution in [-0.2, 0) is 9.53 Å². The van der Waals surface area contributed by atoms with Crippen LogP contribution in [0.5, 0.6) is 0 Å². The van der Waals surface area contributed by atoms with Gasteiger partial charge in [-0.1, -0.05) is 12.1 Å². The zero-order chi connectivity index (χ0) is 18.7. The Hall–Kier alpha value is -2.77. The van der Waals surface area contributed by atoms with Crippen molar-refractivity contribution in [3.05, 3.63) is 47.0 Å². The molecule has 0 bridgehead atoms. The summed E-state index contributed by atoms with van der Waals surface area (Å²) in [6.07, 6.45) is 1.47. The molecule has 7 nitrogen and oxygen atoms in total. The number of H-pyrrole nitrogens is 1. The van der Waals surface area contributed by atoms with Gasteiger partial charge in [0.2, 0.25) is 5.91 Å². The van der Waals surface area contributed by atoms with Crippen molar-refractivity contribution in [3.63, 3.8) is 0 Å². The number of benzene rings is 1. The predicted octanol–water partition coefficient (Wildman–Crippen LogP) is 2.59. The van der Waals surface area contributed by atoms with E-state index in [9.17, 15) is 14.0 Å². The Labute approximate surface area is 150 Å². The highest BCUT2D eigenvalue weighted by Crippen LogP contribution is 2.35. The molecule has 0 aliphatic carbocycles. The zero-order valence-electron chi connectivity index (χ0n) is 14.7. The first-order valence-electron chi connectivity index (χ1n) is 8.66. The molecule has 0 spiro atoms. The van der Waals surface area contributed by atoms with Gasteiger partial charge in [0.15, 0.2) is 5.69 Å². The largest absolute Gasteiger partial charge is 0.461 e. The van der Waals surface area contributed by atoms with Gasteiger partial charge in [-0.15, -0.1) is 5.10 Å². The van der Waals surface area contributed by atoms with Crippen LogP contribution < -0.4 is 0 Å². The normalized spacial score (nSPS) is 18.0. The molecule has 1 aromatic carbocycles. The van der Waals surface area contributed by atoms with Gasteiger partial charge in [0.05, 0.1) is 18.6 Å². The molecule has 1 saturated heterocycles. The molecule has 1 aromatic heterocycles. The number of rotatable bonds is 5. The molecule has 2 atom stereocenters. The van der Waals surface area contributed by atoms with Gasteiger partial charge >= 0.3 is 5.97 Å². The van der Waals surface area contributed by atoms with Crippen molar-refractivity contribution in [1.29, 1.82) is 0 Å². The first kappa shape index (κ1) is 18.0. The lowest BCUT2D eigenvalue weighted by atomic mass is 9.98. The molecule has 1 fully saturated rings. The first-order chi connectivity index (χ1) is 12.5. The fraction of sp³-hybridized carbons (Fsp3) is 0.444. The Morgan fingerprint density at radius 1 is 1.42 bits per heavy atom. The number of amides is 1. The number of carbonyl (C=O) groups is 2. The maximum atomic E-state index is 13.5. The number of aromatic amines is 1. The number of carbonyl (C=O) groups excluding carboxylic acids is 2. The predicted molar refractivity (Wildman–Crippen MR) is 90.8 cm³/mol. The number of nitrogens with one attached hydrogen (secondary N) is 1. The van der Waals surface area contributed by atoms with E-state index in [0.29, 0.717) is 24.2 Å². The minimum atomic E-state index is -0.561. The van der Waals surface area contributed by atoms with Crippen molar-refractivity contribution < 1.29 is 18.7 Å². The van der Waals surface area contributed by atoms with Gasteiger partial charge in [-0.3, -0.25) is 4.79 Å². The van der Waals surface area contributed by atoms with Crippen LogP contribution in [0.15, 0.2) is 24.3 Å². The SMILES string of the molecule is CCOC(=O)c1n[nH]nc1C1CCCN1C(=O)C(C)c1cccc(F)c1. The minimum Gasteiger partial charge on any atom is -0.461 e. The highest BCUT2D eigenvalue weighted by molar-refractivity contribution is 5.89.